The fourth-order valence-corrected chi connectivity index (χ4v) is 6.80. The lowest BCUT2D eigenvalue weighted by Gasteiger charge is -2.50. The van der Waals surface area contributed by atoms with Crippen LogP contribution >= 0.6 is 11.8 Å². The number of nitrogens with one attached hydrogen (secondary N) is 2. The molecular formula is C36H37N7O9S. The van der Waals surface area contributed by atoms with Gasteiger partial charge in [0.2, 0.25) is 0 Å². The number of hydrogen-bond acceptors (Lipinski definition) is 14. The Labute approximate surface area is 309 Å². The second-order valence-electron chi connectivity index (χ2n) is 12.8. The molecule has 4 aliphatic heterocycles. The van der Waals surface area contributed by atoms with Crippen molar-refractivity contribution in [1.29, 1.82) is 5.26 Å². The summed E-state index contributed by atoms with van der Waals surface area (Å²) in [6.45, 7) is 5.23. The number of allylic oxidation sites excluding steroid dienone is 5. The number of nitriles is 1. The molecule has 0 aliphatic carbocycles. The Bertz CT molecular complexity index is 1930. The molecule has 1 aromatic carbocycles. The maximum atomic E-state index is 13.8. The Morgan fingerprint density at radius 3 is 2.45 bits per heavy atom. The number of amides is 3. The van der Waals surface area contributed by atoms with E-state index in [-0.39, 0.29) is 30.3 Å². The van der Waals surface area contributed by atoms with Gasteiger partial charge in [-0.25, -0.2) is 4.79 Å². The number of rotatable bonds is 12. The number of benzene rings is 1. The highest BCUT2D eigenvalue weighted by Crippen LogP contribution is 2.41. The van der Waals surface area contributed by atoms with Crippen molar-refractivity contribution < 1.29 is 43.0 Å². The van der Waals surface area contributed by atoms with Gasteiger partial charge in [0.1, 0.15) is 47.9 Å². The van der Waals surface area contributed by atoms with Gasteiger partial charge in [-0.3, -0.25) is 34.4 Å². The van der Waals surface area contributed by atoms with Crippen molar-refractivity contribution in [2.75, 3.05) is 26.5 Å². The minimum atomic E-state index is -1.02. The predicted molar refractivity (Wildman–Crippen MR) is 192 cm³/mol. The topological polar surface area (TPSA) is 201 Å². The zero-order chi connectivity index (χ0) is 38.3. The molecule has 5 rings (SSSR count). The monoisotopic (exact) mass is 743 g/mol. The number of hydrogen-bond donors (Lipinski definition) is 2. The van der Waals surface area contributed by atoms with Crippen LogP contribution in [0.4, 0.5) is 0 Å². The fourth-order valence-electron chi connectivity index (χ4n) is 5.47. The molecule has 4 heterocycles. The number of methoxy groups -OCH3 is 1. The Morgan fingerprint density at radius 1 is 1.09 bits per heavy atom. The largest absolute Gasteiger partial charge is 0.497 e. The van der Waals surface area contributed by atoms with Crippen LogP contribution in [-0.4, -0.2) is 94.9 Å². The summed E-state index contributed by atoms with van der Waals surface area (Å²) in [6, 6.07) is 5.98. The zero-order valence-electron chi connectivity index (χ0n) is 29.6. The normalized spacial score (nSPS) is 19.2. The van der Waals surface area contributed by atoms with Crippen molar-refractivity contribution in [3.63, 3.8) is 0 Å². The van der Waals surface area contributed by atoms with Crippen LogP contribution in [0, 0.1) is 11.5 Å². The van der Waals surface area contributed by atoms with E-state index in [9.17, 15) is 24.0 Å². The van der Waals surface area contributed by atoms with Crippen molar-refractivity contribution in [3.05, 3.63) is 88.6 Å². The number of β-lactam (4-membered cyclic amide) rings is 1. The molecule has 16 nitrogen and oxygen atoms in total. The van der Waals surface area contributed by atoms with E-state index < -0.39 is 53.1 Å². The quantitative estimate of drug-likeness (QED) is 0.0792. The average molecular weight is 744 g/mol. The first kappa shape index (κ1) is 38.1. The minimum Gasteiger partial charge on any atom is -0.497 e. The molecule has 53 heavy (non-hydrogen) atoms. The number of ether oxygens (including phenoxy) is 3. The van der Waals surface area contributed by atoms with Gasteiger partial charge in [-0.15, -0.1) is 11.8 Å². The minimum absolute atomic E-state index is 0.0645. The lowest BCUT2D eigenvalue weighted by atomic mass is 10.0. The lowest BCUT2D eigenvalue weighted by Crippen LogP contribution is -2.71. The van der Waals surface area contributed by atoms with Crippen molar-refractivity contribution in [2.45, 2.75) is 50.8 Å². The first-order valence-corrected chi connectivity index (χ1v) is 17.3. The Morgan fingerprint density at radius 2 is 1.81 bits per heavy atom. The van der Waals surface area contributed by atoms with Crippen molar-refractivity contribution >= 4 is 53.3 Å². The van der Waals surface area contributed by atoms with E-state index in [2.05, 4.69) is 15.5 Å². The van der Waals surface area contributed by atoms with Gasteiger partial charge in [0.25, 0.3) is 17.7 Å². The molecule has 0 saturated carbocycles. The van der Waals surface area contributed by atoms with Gasteiger partial charge in [0, 0.05) is 36.5 Å². The maximum absolute atomic E-state index is 13.8. The Hall–Kier alpha value is -6.15. The molecule has 4 aliphatic rings. The summed E-state index contributed by atoms with van der Waals surface area (Å²) in [5.74, 6) is -2.39. The van der Waals surface area contributed by atoms with Crippen LogP contribution in [0.25, 0.3) is 0 Å². The van der Waals surface area contributed by atoms with Crippen LogP contribution in [0.15, 0.2) is 93.2 Å². The second kappa shape index (κ2) is 16.5. The van der Waals surface area contributed by atoms with Crippen molar-refractivity contribution in [1.82, 2.24) is 20.4 Å². The highest BCUT2D eigenvalue weighted by atomic mass is 32.2. The van der Waals surface area contributed by atoms with E-state index in [0.29, 0.717) is 28.2 Å². The van der Waals surface area contributed by atoms with Crippen LogP contribution in [0.5, 0.6) is 5.75 Å². The van der Waals surface area contributed by atoms with Crippen LogP contribution in [-0.2, 0) is 44.9 Å². The van der Waals surface area contributed by atoms with Crippen LogP contribution in [0.3, 0.4) is 0 Å². The third kappa shape index (κ3) is 9.21. The van der Waals surface area contributed by atoms with Crippen LogP contribution in [0.1, 0.15) is 32.8 Å². The first-order valence-electron chi connectivity index (χ1n) is 16.2. The number of carbonyl (C=O) groups is 5. The number of aliphatic imine (C=N–C) groups is 1. The van der Waals surface area contributed by atoms with Gasteiger partial charge < -0.3 is 29.3 Å². The first-order chi connectivity index (χ1) is 25.3. The van der Waals surface area contributed by atoms with Crippen molar-refractivity contribution in [2.24, 2.45) is 10.1 Å². The summed E-state index contributed by atoms with van der Waals surface area (Å²) >= 11 is 1.36. The molecule has 1 fully saturated rings. The zero-order valence-corrected chi connectivity index (χ0v) is 30.4. The number of esters is 2. The summed E-state index contributed by atoms with van der Waals surface area (Å²) in [7, 11) is 2.77. The smallest absolute Gasteiger partial charge is 0.355 e. The van der Waals surface area contributed by atoms with E-state index in [4.69, 9.17) is 24.3 Å². The molecule has 1 aromatic rings. The van der Waals surface area contributed by atoms with Gasteiger partial charge in [-0.05, 0) is 67.8 Å². The van der Waals surface area contributed by atoms with Gasteiger partial charge in [0.05, 0.1) is 13.5 Å². The highest BCUT2D eigenvalue weighted by molar-refractivity contribution is 8.00. The van der Waals surface area contributed by atoms with E-state index in [1.54, 1.807) is 89.0 Å². The van der Waals surface area contributed by atoms with Gasteiger partial charge >= 0.3 is 11.9 Å². The summed E-state index contributed by atoms with van der Waals surface area (Å²) in [6.07, 6.45) is 11.4. The molecular weight excluding hydrogens is 707 g/mol. The maximum Gasteiger partial charge on any atom is 0.355 e. The summed E-state index contributed by atoms with van der Waals surface area (Å²) < 4.78 is 16.2. The SMILES string of the molecule is CON=C(CC(=O)OC(C)(C)C)C(=O)NC1C(=O)N2C(C(=O)OCc3ccc(OC)cc3)=C(CN3C=CC(=C4C=NC(C(=O)NC#N)=C4)C=C3)CSC12. The molecule has 276 valence electrons. The summed E-state index contributed by atoms with van der Waals surface area (Å²) in [5.41, 5.74) is 1.86. The van der Waals surface area contributed by atoms with E-state index in [1.165, 1.54) is 30.0 Å². The van der Waals surface area contributed by atoms with Gasteiger partial charge in [-0.2, -0.15) is 5.26 Å². The van der Waals surface area contributed by atoms with Crippen LogP contribution in [0.2, 0.25) is 0 Å². The summed E-state index contributed by atoms with van der Waals surface area (Å²) in [5, 5.41) is 16.4. The molecule has 1 saturated heterocycles. The Balaban J connectivity index is 1.34. The molecule has 17 heteroatoms. The third-order valence-electron chi connectivity index (χ3n) is 7.89. The van der Waals surface area contributed by atoms with Crippen LogP contribution < -0.4 is 15.4 Å². The van der Waals surface area contributed by atoms with Gasteiger partial charge in [0.15, 0.2) is 11.9 Å². The predicted octanol–water partition coefficient (Wildman–Crippen LogP) is 2.33. The van der Waals surface area contributed by atoms with E-state index in [0.717, 1.165) is 5.57 Å². The third-order valence-corrected chi connectivity index (χ3v) is 9.23. The summed E-state index contributed by atoms with van der Waals surface area (Å²) in [4.78, 5) is 77.1. The number of carbonyl (C=O) groups excluding carboxylic acids is 5. The molecule has 0 radical (unpaired) electrons. The molecule has 2 unspecified atom stereocenters. The molecule has 3 amide bonds. The number of thioether (sulfide) groups is 1. The number of oxime groups is 1. The molecule has 0 bridgehead atoms. The van der Waals surface area contributed by atoms with Crippen molar-refractivity contribution in [3.8, 4) is 11.9 Å². The molecule has 0 aromatic heterocycles. The van der Waals surface area contributed by atoms with E-state index in [1.807, 2.05) is 10.2 Å². The molecule has 0 spiro atoms. The van der Waals surface area contributed by atoms with Gasteiger partial charge in [-0.1, -0.05) is 17.3 Å². The molecule has 2 atom stereocenters. The average Bonchev–Trinajstić information content (AvgIpc) is 3.63. The Kier molecular flexibility index (Phi) is 11.8. The molecule has 2 N–H and O–H groups in total. The van der Waals surface area contributed by atoms with E-state index >= 15 is 0 Å². The number of fused-ring (bicyclic) bond motifs is 1. The fraction of sp³-hybridized carbons (Fsp3) is 0.333. The number of nitrogens with zero attached hydrogens (tertiary/aromatic N) is 5. The highest BCUT2D eigenvalue weighted by Gasteiger charge is 2.54. The standard InChI is InChI=1S/C36H37N7O9S/c1-36(2,3)52-28(44)15-27(41-50-5)32(46)40-29-33(47)43-30(35(48)51-18-21-6-8-25(49-4)9-7-21)24(19-53-34(29)43)17-42-12-10-22(11-13-42)23-14-26(38-16-23)31(45)39-20-37/h6-14,16,29,34H,15,17-19H2,1-5H3,(H,39,45)(H,40,46). The lowest BCUT2D eigenvalue weighted by molar-refractivity contribution is -0.154. The second-order valence-corrected chi connectivity index (χ2v) is 13.9.